The SMILES string of the molecule is NC(=O)CC12CC3CC(CC(C3)C1)C2. The van der Waals surface area contributed by atoms with Crippen LogP contribution >= 0.6 is 0 Å². The maximum Gasteiger partial charge on any atom is 0.217 e. The highest BCUT2D eigenvalue weighted by Gasteiger charge is 2.51. The molecule has 0 atom stereocenters. The zero-order valence-corrected chi connectivity index (χ0v) is 8.67. The van der Waals surface area contributed by atoms with E-state index in [4.69, 9.17) is 5.73 Å². The maximum absolute atomic E-state index is 11.1. The van der Waals surface area contributed by atoms with E-state index < -0.39 is 0 Å². The molecule has 0 radical (unpaired) electrons. The first kappa shape index (κ1) is 8.75. The molecular formula is C12H19NO. The Bertz CT molecular complexity index is 236. The lowest BCUT2D eigenvalue weighted by atomic mass is 9.49. The van der Waals surface area contributed by atoms with Gasteiger partial charge in [-0.2, -0.15) is 0 Å². The van der Waals surface area contributed by atoms with E-state index in [1.54, 1.807) is 0 Å². The van der Waals surface area contributed by atoms with E-state index in [-0.39, 0.29) is 5.91 Å². The van der Waals surface area contributed by atoms with Crippen LogP contribution in [0.25, 0.3) is 0 Å². The van der Waals surface area contributed by atoms with Gasteiger partial charge in [0.05, 0.1) is 0 Å². The average Bonchev–Trinajstić information content (AvgIpc) is 1.96. The molecule has 4 rings (SSSR count). The first-order chi connectivity index (χ1) is 6.65. The Balaban J connectivity index is 1.83. The van der Waals surface area contributed by atoms with E-state index in [2.05, 4.69) is 0 Å². The van der Waals surface area contributed by atoms with Crippen molar-refractivity contribution in [3.63, 3.8) is 0 Å². The van der Waals surface area contributed by atoms with Crippen molar-refractivity contribution in [1.82, 2.24) is 0 Å². The van der Waals surface area contributed by atoms with Crippen molar-refractivity contribution < 1.29 is 4.79 Å². The second kappa shape index (κ2) is 2.74. The fraction of sp³-hybridized carbons (Fsp3) is 0.917. The predicted molar refractivity (Wildman–Crippen MR) is 54.4 cm³/mol. The van der Waals surface area contributed by atoms with Gasteiger partial charge in [0.2, 0.25) is 5.91 Å². The van der Waals surface area contributed by atoms with Crippen LogP contribution in [0.2, 0.25) is 0 Å². The van der Waals surface area contributed by atoms with Crippen molar-refractivity contribution in [3.05, 3.63) is 0 Å². The van der Waals surface area contributed by atoms with E-state index in [0.29, 0.717) is 11.8 Å². The molecule has 2 heteroatoms. The summed E-state index contributed by atoms with van der Waals surface area (Å²) in [5, 5.41) is 0. The molecule has 0 heterocycles. The molecule has 4 fully saturated rings. The number of nitrogens with two attached hydrogens (primary N) is 1. The van der Waals surface area contributed by atoms with Crippen molar-refractivity contribution in [2.24, 2.45) is 28.9 Å². The van der Waals surface area contributed by atoms with Gasteiger partial charge in [0.25, 0.3) is 0 Å². The molecule has 2 N–H and O–H groups in total. The summed E-state index contributed by atoms with van der Waals surface area (Å²) in [6.45, 7) is 0. The van der Waals surface area contributed by atoms with Gasteiger partial charge in [0, 0.05) is 6.42 Å². The van der Waals surface area contributed by atoms with Crippen LogP contribution < -0.4 is 5.73 Å². The van der Waals surface area contributed by atoms with Crippen molar-refractivity contribution in [1.29, 1.82) is 0 Å². The van der Waals surface area contributed by atoms with Crippen LogP contribution in [0.1, 0.15) is 44.9 Å². The smallest absolute Gasteiger partial charge is 0.217 e. The Morgan fingerprint density at radius 1 is 1.07 bits per heavy atom. The number of amides is 1. The van der Waals surface area contributed by atoms with Gasteiger partial charge in [-0.25, -0.2) is 0 Å². The molecule has 0 aliphatic heterocycles. The molecular weight excluding hydrogens is 174 g/mol. The second-order valence-electron chi connectivity index (χ2n) is 6.06. The van der Waals surface area contributed by atoms with E-state index in [0.717, 1.165) is 17.8 Å². The summed E-state index contributed by atoms with van der Waals surface area (Å²) in [6, 6.07) is 0. The van der Waals surface area contributed by atoms with Gasteiger partial charge < -0.3 is 5.73 Å². The van der Waals surface area contributed by atoms with Gasteiger partial charge in [-0.15, -0.1) is 0 Å². The Hall–Kier alpha value is -0.530. The lowest BCUT2D eigenvalue weighted by Crippen LogP contribution is -2.47. The monoisotopic (exact) mass is 193 g/mol. The largest absolute Gasteiger partial charge is 0.370 e. The maximum atomic E-state index is 11.1. The third-order valence-electron chi connectivity index (χ3n) is 4.71. The molecule has 4 aliphatic rings. The molecule has 4 bridgehead atoms. The van der Waals surface area contributed by atoms with Crippen LogP contribution in [0, 0.1) is 23.2 Å². The number of hydrogen-bond acceptors (Lipinski definition) is 1. The van der Waals surface area contributed by atoms with Crippen LogP contribution in [0.15, 0.2) is 0 Å². The minimum Gasteiger partial charge on any atom is -0.370 e. The van der Waals surface area contributed by atoms with Gasteiger partial charge in [0.1, 0.15) is 0 Å². The summed E-state index contributed by atoms with van der Waals surface area (Å²) in [4.78, 5) is 11.1. The fourth-order valence-electron chi connectivity index (χ4n) is 4.88. The summed E-state index contributed by atoms with van der Waals surface area (Å²) < 4.78 is 0. The van der Waals surface area contributed by atoms with Crippen LogP contribution in [-0.2, 0) is 4.79 Å². The second-order valence-corrected chi connectivity index (χ2v) is 6.06. The highest BCUT2D eigenvalue weighted by Crippen LogP contribution is 2.61. The minimum absolute atomic E-state index is 0.0769. The lowest BCUT2D eigenvalue weighted by molar-refractivity contribution is -0.126. The number of hydrogen-bond donors (Lipinski definition) is 1. The lowest BCUT2D eigenvalue weighted by Gasteiger charge is -2.56. The summed E-state index contributed by atoms with van der Waals surface area (Å²) in [5.41, 5.74) is 5.72. The van der Waals surface area contributed by atoms with Gasteiger partial charge in [0.15, 0.2) is 0 Å². The Kier molecular flexibility index (Phi) is 1.71. The summed E-state index contributed by atoms with van der Waals surface area (Å²) in [5.74, 6) is 2.72. The normalized spacial score (nSPS) is 49.6. The van der Waals surface area contributed by atoms with Crippen molar-refractivity contribution in [2.45, 2.75) is 44.9 Å². The summed E-state index contributed by atoms with van der Waals surface area (Å²) in [6.07, 6.45) is 8.87. The van der Waals surface area contributed by atoms with Crippen LogP contribution in [-0.4, -0.2) is 5.91 Å². The van der Waals surface area contributed by atoms with Gasteiger partial charge >= 0.3 is 0 Å². The van der Waals surface area contributed by atoms with Gasteiger partial charge in [-0.1, -0.05) is 0 Å². The van der Waals surface area contributed by atoms with Gasteiger partial charge in [-0.3, -0.25) is 4.79 Å². The summed E-state index contributed by atoms with van der Waals surface area (Å²) in [7, 11) is 0. The minimum atomic E-state index is -0.0769. The Morgan fingerprint density at radius 2 is 1.50 bits per heavy atom. The molecule has 14 heavy (non-hydrogen) atoms. The first-order valence-electron chi connectivity index (χ1n) is 5.93. The van der Waals surface area contributed by atoms with E-state index in [9.17, 15) is 4.79 Å². The van der Waals surface area contributed by atoms with Crippen molar-refractivity contribution in [3.8, 4) is 0 Å². The number of primary amides is 1. The molecule has 4 saturated carbocycles. The number of carbonyl (C=O) groups is 1. The topological polar surface area (TPSA) is 43.1 Å². The van der Waals surface area contributed by atoms with Crippen molar-refractivity contribution in [2.75, 3.05) is 0 Å². The van der Waals surface area contributed by atoms with Crippen LogP contribution in [0.5, 0.6) is 0 Å². The van der Waals surface area contributed by atoms with E-state index in [1.807, 2.05) is 0 Å². The molecule has 0 aromatic heterocycles. The molecule has 0 unspecified atom stereocenters. The Labute approximate surface area is 85.2 Å². The summed E-state index contributed by atoms with van der Waals surface area (Å²) >= 11 is 0. The molecule has 1 amide bonds. The quantitative estimate of drug-likeness (QED) is 0.717. The van der Waals surface area contributed by atoms with Gasteiger partial charge in [-0.05, 0) is 61.7 Å². The zero-order valence-electron chi connectivity index (χ0n) is 8.67. The zero-order chi connectivity index (χ0) is 9.76. The highest BCUT2D eigenvalue weighted by atomic mass is 16.1. The first-order valence-corrected chi connectivity index (χ1v) is 5.93. The number of carbonyl (C=O) groups excluding carboxylic acids is 1. The molecule has 78 valence electrons. The average molecular weight is 193 g/mol. The predicted octanol–water partition coefficient (Wildman–Crippen LogP) is 2.08. The van der Waals surface area contributed by atoms with Crippen LogP contribution in [0.4, 0.5) is 0 Å². The van der Waals surface area contributed by atoms with E-state index >= 15 is 0 Å². The molecule has 2 nitrogen and oxygen atoms in total. The molecule has 0 saturated heterocycles. The van der Waals surface area contributed by atoms with Crippen molar-refractivity contribution >= 4 is 5.91 Å². The standard InChI is InChI=1S/C12H19NO/c13-11(14)7-12-4-8-1-9(5-12)3-10(2-8)6-12/h8-10H,1-7H2,(H2,13,14). The van der Waals surface area contributed by atoms with Crippen LogP contribution in [0.3, 0.4) is 0 Å². The molecule has 4 aliphatic carbocycles. The fourth-order valence-corrected chi connectivity index (χ4v) is 4.88. The third kappa shape index (κ3) is 1.27. The molecule has 0 aromatic carbocycles. The third-order valence-corrected chi connectivity index (χ3v) is 4.71. The Morgan fingerprint density at radius 3 is 1.86 bits per heavy atom. The highest BCUT2D eigenvalue weighted by molar-refractivity contribution is 5.74. The number of rotatable bonds is 2. The molecule has 0 aromatic rings. The molecule has 0 spiro atoms. The van der Waals surface area contributed by atoms with E-state index in [1.165, 1.54) is 38.5 Å².